The molecule has 0 saturated heterocycles. The molecule has 0 aliphatic carbocycles. The summed E-state index contributed by atoms with van der Waals surface area (Å²) >= 11 is 5.92. The molecule has 2 amide bonds. The van der Waals surface area contributed by atoms with Gasteiger partial charge in [0.05, 0.1) is 0 Å². The number of amides is 2. The molecule has 0 radical (unpaired) electrons. The Balaban J connectivity index is 1.54. The number of fused-ring (bicyclic) bond motifs is 1. The van der Waals surface area contributed by atoms with E-state index in [1.807, 2.05) is 38.1 Å². The number of nitrogens with one attached hydrogen (secondary N) is 3. The first-order valence-electron chi connectivity index (χ1n) is 8.00. The highest BCUT2D eigenvalue weighted by atomic mass is 35.5. The molecular weight excluding hydrogens is 354 g/mol. The van der Waals surface area contributed by atoms with Gasteiger partial charge in [-0.25, -0.2) is 0 Å². The molecule has 0 saturated carbocycles. The van der Waals surface area contributed by atoms with Gasteiger partial charge in [0, 0.05) is 15.9 Å². The fraction of sp³-hybridized carbons (Fsp3) is 0.158. The van der Waals surface area contributed by atoms with Gasteiger partial charge < -0.3 is 9.72 Å². The number of benzene rings is 2. The number of rotatable bonds is 4. The number of aromatic nitrogens is 1. The number of aryl methyl sites for hydroxylation is 2. The molecule has 7 heteroatoms. The molecule has 26 heavy (non-hydrogen) atoms. The van der Waals surface area contributed by atoms with Gasteiger partial charge in [-0.1, -0.05) is 29.8 Å². The summed E-state index contributed by atoms with van der Waals surface area (Å²) in [5.41, 5.74) is 7.72. The van der Waals surface area contributed by atoms with Crippen LogP contribution in [0.1, 0.15) is 21.6 Å². The van der Waals surface area contributed by atoms with Crippen molar-refractivity contribution in [3.63, 3.8) is 0 Å². The van der Waals surface area contributed by atoms with Crippen LogP contribution in [0.3, 0.4) is 0 Å². The first-order valence-corrected chi connectivity index (χ1v) is 8.37. The van der Waals surface area contributed by atoms with Crippen LogP contribution in [-0.4, -0.2) is 23.4 Å². The third kappa shape index (κ3) is 4.15. The van der Waals surface area contributed by atoms with Gasteiger partial charge in [-0.3, -0.25) is 20.4 Å². The number of hydrazine groups is 1. The van der Waals surface area contributed by atoms with Gasteiger partial charge in [0.25, 0.3) is 11.8 Å². The summed E-state index contributed by atoms with van der Waals surface area (Å²) in [6.45, 7) is 3.64. The largest absolute Gasteiger partial charge is 0.483 e. The van der Waals surface area contributed by atoms with Crippen molar-refractivity contribution in [3.05, 3.63) is 64.3 Å². The Morgan fingerprint density at radius 1 is 1.08 bits per heavy atom. The van der Waals surface area contributed by atoms with E-state index in [1.54, 1.807) is 18.2 Å². The van der Waals surface area contributed by atoms with Crippen LogP contribution >= 0.6 is 11.6 Å². The highest BCUT2D eigenvalue weighted by Crippen LogP contribution is 2.20. The van der Waals surface area contributed by atoms with Crippen molar-refractivity contribution >= 4 is 34.3 Å². The van der Waals surface area contributed by atoms with Crippen LogP contribution in [0.25, 0.3) is 10.9 Å². The molecular formula is C19H18ClN3O3. The van der Waals surface area contributed by atoms with Crippen molar-refractivity contribution in [2.75, 3.05) is 6.61 Å². The molecule has 2 aromatic carbocycles. The molecule has 3 N–H and O–H groups in total. The maximum atomic E-state index is 12.1. The number of H-pyrrole nitrogens is 1. The second kappa shape index (κ2) is 7.49. The highest BCUT2D eigenvalue weighted by Gasteiger charge is 2.11. The average molecular weight is 372 g/mol. The van der Waals surface area contributed by atoms with Crippen molar-refractivity contribution in [3.8, 4) is 5.75 Å². The van der Waals surface area contributed by atoms with Gasteiger partial charge in [-0.2, -0.15) is 0 Å². The molecule has 0 fully saturated rings. The molecule has 1 aromatic heterocycles. The van der Waals surface area contributed by atoms with E-state index in [1.165, 1.54) is 0 Å². The van der Waals surface area contributed by atoms with Gasteiger partial charge in [0.15, 0.2) is 6.61 Å². The Bertz CT molecular complexity index is 981. The minimum atomic E-state index is -0.461. The molecule has 3 rings (SSSR count). The Morgan fingerprint density at radius 3 is 2.69 bits per heavy atom. The lowest BCUT2D eigenvalue weighted by Gasteiger charge is -2.10. The van der Waals surface area contributed by atoms with Crippen molar-refractivity contribution in [1.82, 2.24) is 15.8 Å². The first kappa shape index (κ1) is 17.8. The van der Waals surface area contributed by atoms with E-state index in [0.717, 1.165) is 22.0 Å². The Hall–Kier alpha value is -2.99. The van der Waals surface area contributed by atoms with Crippen LogP contribution in [0, 0.1) is 13.8 Å². The number of hydrogen-bond donors (Lipinski definition) is 3. The molecule has 6 nitrogen and oxygen atoms in total. The fourth-order valence-corrected chi connectivity index (χ4v) is 2.63. The van der Waals surface area contributed by atoms with Gasteiger partial charge in [-0.05, 0) is 49.2 Å². The maximum Gasteiger partial charge on any atom is 0.286 e. The smallest absolute Gasteiger partial charge is 0.286 e. The average Bonchev–Trinajstić information content (AvgIpc) is 3.03. The van der Waals surface area contributed by atoms with E-state index < -0.39 is 11.8 Å². The standard InChI is InChI=1S/C19H18ClN3O3/c1-11-3-4-12(2)17(7-11)26-10-18(24)22-23-19(25)16-8-13-5-6-14(20)9-15(13)21-16/h3-9,21H,10H2,1-2H3,(H,22,24)(H,23,25). The predicted octanol–water partition coefficient (Wildman–Crippen LogP) is 3.28. The van der Waals surface area contributed by atoms with Crippen molar-refractivity contribution in [1.29, 1.82) is 0 Å². The van der Waals surface area contributed by atoms with Crippen molar-refractivity contribution in [2.24, 2.45) is 0 Å². The fourth-order valence-electron chi connectivity index (χ4n) is 2.46. The lowest BCUT2D eigenvalue weighted by molar-refractivity contribution is -0.123. The molecule has 0 aliphatic rings. The topological polar surface area (TPSA) is 83.2 Å². The number of hydrogen-bond acceptors (Lipinski definition) is 3. The molecule has 0 atom stereocenters. The number of aromatic amines is 1. The minimum absolute atomic E-state index is 0.202. The lowest BCUT2D eigenvalue weighted by Crippen LogP contribution is -2.44. The maximum absolute atomic E-state index is 12.1. The first-order chi connectivity index (χ1) is 12.4. The summed E-state index contributed by atoms with van der Waals surface area (Å²) in [5, 5.41) is 1.42. The molecule has 0 unspecified atom stereocenters. The highest BCUT2D eigenvalue weighted by molar-refractivity contribution is 6.31. The summed E-state index contributed by atoms with van der Waals surface area (Å²) in [7, 11) is 0. The second-order valence-electron chi connectivity index (χ2n) is 5.97. The minimum Gasteiger partial charge on any atom is -0.483 e. The zero-order valence-corrected chi connectivity index (χ0v) is 15.1. The van der Waals surface area contributed by atoms with Gasteiger partial charge in [0.1, 0.15) is 11.4 Å². The lowest BCUT2D eigenvalue weighted by atomic mass is 10.1. The van der Waals surface area contributed by atoms with E-state index in [-0.39, 0.29) is 6.61 Å². The van der Waals surface area contributed by atoms with E-state index in [4.69, 9.17) is 16.3 Å². The van der Waals surface area contributed by atoms with E-state index >= 15 is 0 Å². The number of carbonyl (C=O) groups excluding carboxylic acids is 2. The third-order valence-electron chi connectivity index (χ3n) is 3.85. The van der Waals surface area contributed by atoms with E-state index in [2.05, 4.69) is 15.8 Å². The SMILES string of the molecule is Cc1ccc(C)c(OCC(=O)NNC(=O)c2cc3ccc(Cl)cc3[nH]2)c1. The van der Waals surface area contributed by atoms with Crippen LogP contribution in [0.4, 0.5) is 0 Å². The Labute approximate surface area is 155 Å². The van der Waals surface area contributed by atoms with Gasteiger partial charge in [0.2, 0.25) is 0 Å². The molecule has 3 aromatic rings. The third-order valence-corrected chi connectivity index (χ3v) is 4.08. The summed E-state index contributed by atoms with van der Waals surface area (Å²) in [4.78, 5) is 27.0. The van der Waals surface area contributed by atoms with Crippen molar-refractivity contribution < 1.29 is 14.3 Å². The normalized spacial score (nSPS) is 10.6. The van der Waals surface area contributed by atoms with Crippen molar-refractivity contribution in [2.45, 2.75) is 13.8 Å². The summed E-state index contributed by atoms with van der Waals surface area (Å²) in [6, 6.07) is 12.7. The van der Waals surface area contributed by atoms with Crippen LogP contribution in [0.2, 0.25) is 5.02 Å². The van der Waals surface area contributed by atoms with E-state index in [0.29, 0.717) is 16.5 Å². The molecule has 134 valence electrons. The number of halogens is 1. The number of carbonyl (C=O) groups is 2. The monoisotopic (exact) mass is 371 g/mol. The second-order valence-corrected chi connectivity index (χ2v) is 6.41. The summed E-state index contributed by atoms with van der Waals surface area (Å²) in [6.07, 6.45) is 0. The molecule has 0 aliphatic heterocycles. The Morgan fingerprint density at radius 2 is 1.88 bits per heavy atom. The molecule has 0 spiro atoms. The molecule has 0 bridgehead atoms. The quantitative estimate of drug-likeness (QED) is 0.615. The van der Waals surface area contributed by atoms with Gasteiger partial charge in [-0.15, -0.1) is 0 Å². The van der Waals surface area contributed by atoms with Crippen LogP contribution < -0.4 is 15.6 Å². The Kier molecular flexibility index (Phi) is 5.14. The summed E-state index contributed by atoms with van der Waals surface area (Å²) in [5.74, 6) is -0.283. The van der Waals surface area contributed by atoms with Gasteiger partial charge >= 0.3 is 0 Å². The van der Waals surface area contributed by atoms with Crippen LogP contribution in [-0.2, 0) is 4.79 Å². The summed E-state index contributed by atoms with van der Waals surface area (Å²) < 4.78 is 5.49. The van der Waals surface area contributed by atoms with E-state index in [9.17, 15) is 9.59 Å². The van der Waals surface area contributed by atoms with Crippen LogP contribution in [0.5, 0.6) is 5.75 Å². The zero-order chi connectivity index (χ0) is 18.7. The molecule has 1 heterocycles. The predicted molar refractivity (Wildman–Crippen MR) is 100 cm³/mol. The zero-order valence-electron chi connectivity index (χ0n) is 14.4. The number of ether oxygens (including phenoxy) is 1. The van der Waals surface area contributed by atoms with Crippen LogP contribution in [0.15, 0.2) is 42.5 Å².